The van der Waals surface area contributed by atoms with Crippen LogP contribution in [-0.2, 0) is 7.05 Å². The molecule has 0 unspecified atom stereocenters. The Bertz CT molecular complexity index is 776. The second-order valence-corrected chi connectivity index (χ2v) is 5.22. The Balaban J connectivity index is 1.85. The molecule has 4 rings (SSSR count). The highest BCUT2D eigenvalue weighted by Gasteiger charge is 2.16. The van der Waals surface area contributed by atoms with Crippen molar-refractivity contribution < 1.29 is 9.47 Å². The van der Waals surface area contributed by atoms with Gasteiger partial charge in [0.05, 0.1) is 36.0 Å². The van der Waals surface area contributed by atoms with Crippen molar-refractivity contribution in [3.8, 4) is 22.9 Å². The second kappa shape index (κ2) is 4.51. The standard InChI is InChI=1S/C15H16N4O2/c1-9-10(8-16-19(9)2)15-17-11-6-13-14(7-12(11)18-15)21-5-3-4-20-13/h6-8H,3-5H2,1-2H3,(H,17,18). The predicted octanol–water partition coefficient (Wildman–Crippen LogP) is 2.43. The fraction of sp³-hybridized carbons (Fsp3) is 0.333. The van der Waals surface area contributed by atoms with Gasteiger partial charge in [-0.1, -0.05) is 0 Å². The van der Waals surface area contributed by atoms with Crippen LogP contribution in [-0.4, -0.2) is 33.0 Å². The predicted molar refractivity (Wildman–Crippen MR) is 78.6 cm³/mol. The van der Waals surface area contributed by atoms with E-state index in [0.29, 0.717) is 13.2 Å². The third kappa shape index (κ3) is 1.94. The molecule has 1 aliphatic rings. The molecule has 0 amide bonds. The maximum atomic E-state index is 5.71. The molecule has 1 aromatic carbocycles. The molecular formula is C15H16N4O2. The first kappa shape index (κ1) is 12.3. The lowest BCUT2D eigenvalue weighted by molar-refractivity contribution is 0.297. The molecule has 6 heteroatoms. The summed E-state index contributed by atoms with van der Waals surface area (Å²) in [5.74, 6) is 2.36. The van der Waals surface area contributed by atoms with Gasteiger partial charge in [-0.15, -0.1) is 0 Å². The van der Waals surface area contributed by atoms with Crippen molar-refractivity contribution in [3.05, 3.63) is 24.0 Å². The first-order chi connectivity index (χ1) is 10.2. The molecule has 1 aliphatic heterocycles. The summed E-state index contributed by atoms with van der Waals surface area (Å²) >= 11 is 0. The zero-order valence-corrected chi connectivity index (χ0v) is 12.0. The van der Waals surface area contributed by atoms with Gasteiger partial charge in [0, 0.05) is 31.3 Å². The third-order valence-corrected chi connectivity index (χ3v) is 3.84. The Hall–Kier alpha value is -2.50. The van der Waals surface area contributed by atoms with Gasteiger partial charge in [0.1, 0.15) is 5.82 Å². The highest BCUT2D eigenvalue weighted by Crippen LogP contribution is 2.34. The molecule has 0 aliphatic carbocycles. The molecule has 0 spiro atoms. The Kier molecular flexibility index (Phi) is 2.63. The van der Waals surface area contributed by atoms with Crippen molar-refractivity contribution in [1.82, 2.24) is 19.7 Å². The van der Waals surface area contributed by atoms with Crippen LogP contribution in [0.4, 0.5) is 0 Å². The average Bonchev–Trinajstić information content (AvgIpc) is 2.93. The summed E-state index contributed by atoms with van der Waals surface area (Å²) in [4.78, 5) is 7.99. The summed E-state index contributed by atoms with van der Waals surface area (Å²) in [6.45, 7) is 3.38. The Labute approximate surface area is 121 Å². The molecular weight excluding hydrogens is 268 g/mol. The van der Waals surface area contributed by atoms with Crippen LogP contribution in [0.25, 0.3) is 22.4 Å². The van der Waals surface area contributed by atoms with Gasteiger partial charge in [-0.2, -0.15) is 5.10 Å². The molecule has 6 nitrogen and oxygen atoms in total. The number of rotatable bonds is 1. The van der Waals surface area contributed by atoms with Crippen molar-refractivity contribution >= 4 is 11.0 Å². The Morgan fingerprint density at radius 2 is 1.95 bits per heavy atom. The fourth-order valence-corrected chi connectivity index (χ4v) is 2.53. The minimum absolute atomic E-state index is 0.678. The number of nitrogens with zero attached hydrogens (tertiary/aromatic N) is 3. The number of nitrogens with one attached hydrogen (secondary N) is 1. The summed E-state index contributed by atoms with van der Waals surface area (Å²) in [5, 5.41) is 4.26. The molecule has 0 atom stereocenters. The molecule has 3 heterocycles. The summed E-state index contributed by atoms with van der Waals surface area (Å²) in [7, 11) is 1.92. The SMILES string of the molecule is Cc1c(-c2nc3cc4c(cc3[nH]2)OCCCO4)cnn1C. The largest absolute Gasteiger partial charge is 0.489 e. The number of aryl methyl sites for hydroxylation is 1. The van der Waals surface area contributed by atoms with E-state index >= 15 is 0 Å². The smallest absolute Gasteiger partial charge is 0.163 e. The van der Waals surface area contributed by atoms with E-state index in [4.69, 9.17) is 9.47 Å². The van der Waals surface area contributed by atoms with E-state index in [2.05, 4.69) is 15.1 Å². The summed E-state index contributed by atoms with van der Waals surface area (Å²) in [6, 6.07) is 3.89. The van der Waals surface area contributed by atoms with Gasteiger partial charge in [0.15, 0.2) is 11.5 Å². The number of aromatic amines is 1. The molecule has 0 fully saturated rings. The molecule has 2 aromatic heterocycles. The molecule has 0 saturated carbocycles. The first-order valence-electron chi connectivity index (χ1n) is 7.01. The number of benzene rings is 1. The molecule has 0 radical (unpaired) electrons. The molecule has 21 heavy (non-hydrogen) atoms. The van der Waals surface area contributed by atoms with Crippen molar-refractivity contribution in [2.75, 3.05) is 13.2 Å². The topological polar surface area (TPSA) is 65.0 Å². The van der Waals surface area contributed by atoms with Crippen LogP contribution in [0.2, 0.25) is 0 Å². The summed E-state index contributed by atoms with van der Waals surface area (Å²) in [6.07, 6.45) is 2.72. The van der Waals surface area contributed by atoms with Gasteiger partial charge in [-0.25, -0.2) is 4.98 Å². The highest BCUT2D eigenvalue weighted by molar-refractivity contribution is 5.83. The van der Waals surface area contributed by atoms with Crippen LogP contribution in [0.3, 0.4) is 0 Å². The van der Waals surface area contributed by atoms with Gasteiger partial charge in [0.2, 0.25) is 0 Å². The van der Waals surface area contributed by atoms with Crippen LogP contribution >= 0.6 is 0 Å². The minimum atomic E-state index is 0.678. The first-order valence-corrected chi connectivity index (χ1v) is 7.01. The Morgan fingerprint density at radius 1 is 1.19 bits per heavy atom. The van der Waals surface area contributed by atoms with E-state index < -0.39 is 0 Å². The summed E-state index contributed by atoms with van der Waals surface area (Å²) < 4.78 is 13.3. The minimum Gasteiger partial charge on any atom is -0.489 e. The lowest BCUT2D eigenvalue weighted by atomic mass is 10.2. The summed E-state index contributed by atoms with van der Waals surface area (Å²) in [5.41, 5.74) is 3.89. The molecule has 0 bridgehead atoms. The lowest BCUT2D eigenvalue weighted by Crippen LogP contribution is -1.97. The number of hydrogen-bond acceptors (Lipinski definition) is 4. The third-order valence-electron chi connectivity index (χ3n) is 3.84. The normalized spacial score (nSPS) is 14.4. The quantitative estimate of drug-likeness (QED) is 0.745. The van der Waals surface area contributed by atoms with E-state index in [9.17, 15) is 0 Å². The van der Waals surface area contributed by atoms with E-state index in [0.717, 1.165) is 46.0 Å². The monoisotopic (exact) mass is 284 g/mol. The number of hydrogen-bond donors (Lipinski definition) is 1. The fourth-order valence-electron chi connectivity index (χ4n) is 2.53. The van der Waals surface area contributed by atoms with Gasteiger partial charge in [0.25, 0.3) is 0 Å². The van der Waals surface area contributed by atoms with Gasteiger partial charge in [-0.3, -0.25) is 4.68 Å². The van der Waals surface area contributed by atoms with Crippen molar-refractivity contribution in [2.45, 2.75) is 13.3 Å². The zero-order chi connectivity index (χ0) is 14.4. The molecule has 108 valence electrons. The molecule has 1 N–H and O–H groups in total. The van der Waals surface area contributed by atoms with Crippen LogP contribution in [0, 0.1) is 6.92 Å². The van der Waals surface area contributed by atoms with Crippen molar-refractivity contribution in [2.24, 2.45) is 7.05 Å². The van der Waals surface area contributed by atoms with E-state index in [1.54, 1.807) is 0 Å². The number of H-pyrrole nitrogens is 1. The van der Waals surface area contributed by atoms with Gasteiger partial charge in [-0.05, 0) is 6.92 Å². The number of ether oxygens (including phenoxy) is 2. The molecule has 0 saturated heterocycles. The number of fused-ring (bicyclic) bond motifs is 2. The van der Waals surface area contributed by atoms with E-state index in [1.165, 1.54) is 0 Å². The van der Waals surface area contributed by atoms with E-state index in [1.807, 2.05) is 37.0 Å². The number of imidazole rings is 1. The maximum Gasteiger partial charge on any atom is 0.163 e. The van der Waals surface area contributed by atoms with E-state index in [-0.39, 0.29) is 0 Å². The van der Waals surface area contributed by atoms with Crippen molar-refractivity contribution in [3.63, 3.8) is 0 Å². The Morgan fingerprint density at radius 3 is 2.67 bits per heavy atom. The van der Waals surface area contributed by atoms with Crippen LogP contribution < -0.4 is 9.47 Å². The second-order valence-electron chi connectivity index (χ2n) is 5.22. The lowest BCUT2D eigenvalue weighted by Gasteiger charge is -2.05. The van der Waals surface area contributed by atoms with Crippen LogP contribution in [0.15, 0.2) is 18.3 Å². The molecule has 3 aromatic rings. The van der Waals surface area contributed by atoms with Crippen LogP contribution in [0.1, 0.15) is 12.1 Å². The highest BCUT2D eigenvalue weighted by atomic mass is 16.5. The average molecular weight is 284 g/mol. The maximum absolute atomic E-state index is 5.71. The number of aromatic nitrogens is 4. The zero-order valence-electron chi connectivity index (χ0n) is 12.0. The van der Waals surface area contributed by atoms with Gasteiger partial charge < -0.3 is 14.5 Å². The van der Waals surface area contributed by atoms with Crippen molar-refractivity contribution in [1.29, 1.82) is 0 Å². The van der Waals surface area contributed by atoms with Crippen LogP contribution in [0.5, 0.6) is 11.5 Å². The van der Waals surface area contributed by atoms with Gasteiger partial charge >= 0.3 is 0 Å².